The van der Waals surface area contributed by atoms with Crippen LogP contribution in [0.4, 0.5) is 0 Å². The van der Waals surface area contributed by atoms with Gasteiger partial charge >= 0.3 is 0 Å². The molecule has 0 spiro atoms. The van der Waals surface area contributed by atoms with Crippen molar-refractivity contribution in [3.05, 3.63) is 172 Å². The highest BCUT2D eigenvalue weighted by Crippen LogP contribution is 2.52. The second kappa shape index (κ2) is 22.7. The van der Waals surface area contributed by atoms with E-state index in [1.165, 1.54) is 39.5 Å². The molecule has 15 nitrogen and oxygen atoms in total. The summed E-state index contributed by atoms with van der Waals surface area (Å²) in [6, 6.07) is 33.2. The zero-order valence-corrected chi connectivity index (χ0v) is 38.2. The van der Waals surface area contributed by atoms with Crippen LogP contribution in [0.25, 0.3) is 12.2 Å². The summed E-state index contributed by atoms with van der Waals surface area (Å²) < 4.78 is 29.9. The molecule has 0 saturated heterocycles. The molecule has 1 aliphatic rings. The lowest BCUT2D eigenvalue weighted by Gasteiger charge is -2.20. The summed E-state index contributed by atoms with van der Waals surface area (Å²) in [5.74, 6) is -0.735. The van der Waals surface area contributed by atoms with E-state index in [-0.39, 0.29) is 76.7 Å². The van der Waals surface area contributed by atoms with Crippen molar-refractivity contribution < 1.29 is 58.5 Å². The Labute approximate surface area is 399 Å². The van der Waals surface area contributed by atoms with Gasteiger partial charge in [-0.15, -0.1) is 0 Å². The molecule has 69 heavy (non-hydrogen) atoms. The SMILES string of the molecule is COc1cc(C2Oc3c(OC)cc(/C=C(\Oc4ccc(/C=C/C(=O)NCCc5ccc(O)cc5)cc4OC)C(=O)NCCc4ccc(O)cc4)cc3C2C(=O)NCCc2ccc(O)cc2)ccc1O. The number of ether oxygens (including phenoxy) is 5. The molecule has 2 atom stereocenters. The van der Waals surface area contributed by atoms with Crippen molar-refractivity contribution in [3.63, 3.8) is 0 Å². The molecule has 0 aliphatic carbocycles. The van der Waals surface area contributed by atoms with Gasteiger partial charge in [-0.1, -0.05) is 48.5 Å². The van der Waals surface area contributed by atoms with Crippen molar-refractivity contribution in [1.82, 2.24) is 16.0 Å². The summed E-state index contributed by atoms with van der Waals surface area (Å²) in [6.07, 6.45) is 5.17. The summed E-state index contributed by atoms with van der Waals surface area (Å²) >= 11 is 0. The third-order valence-electron chi connectivity index (χ3n) is 11.3. The average Bonchev–Trinajstić information content (AvgIpc) is 3.74. The molecule has 0 radical (unpaired) electrons. The van der Waals surface area contributed by atoms with Gasteiger partial charge in [0.05, 0.1) is 21.3 Å². The van der Waals surface area contributed by atoms with E-state index in [2.05, 4.69) is 16.0 Å². The number of aromatic hydroxyl groups is 4. The largest absolute Gasteiger partial charge is 0.508 e. The molecule has 7 rings (SSSR count). The highest BCUT2D eigenvalue weighted by Gasteiger charge is 2.43. The maximum Gasteiger partial charge on any atom is 0.287 e. The van der Waals surface area contributed by atoms with Gasteiger partial charge in [0, 0.05) is 31.3 Å². The fraction of sp³-hybridized carbons (Fsp3) is 0.204. The van der Waals surface area contributed by atoms with Crippen molar-refractivity contribution in [2.24, 2.45) is 0 Å². The summed E-state index contributed by atoms with van der Waals surface area (Å²) in [6.45, 7) is 0.878. The standard InChI is InChI=1S/C54H53N3O12/c1-65-45-32-38(12-19-43(45)61)51-50(54(64)57-27-24-35-8-17-41(60)18-9-35)42-28-37(30-47(67-3)52(42)69-51)31-48(53(63)56-26-23-34-6-15-40(59)16-7-34)68-44-20-10-36(29-46(44)66-2)11-21-49(62)55-25-22-33-4-13-39(58)14-5-33/h4-21,28-32,50-51,58-61H,22-27H2,1-3H3,(H,55,62)(H,56,63)(H,57,64)/b21-11+,48-31-. The Bertz CT molecular complexity index is 2830. The van der Waals surface area contributed by atoms with Gasteiger partial charge in [-0.3, -0.25) is 14.4 Å². The van der Waals surface area contributed by atoms with Gasteiger partial charge in [0.2, 0.25) is 11.8 Å². The summed E-state index contributed by atoms with van der Waals surface area (Å²) in [7, 11) is 4.34. The number of phenols is 4. The molecule has 0 bridgehead atoms. The number of carbonyl (C=O) groups excluding carboxylic acids is 3. The first kappa shape index (κ1) is 48.3. The molecule has 3 amide bonds. The lowest BCUT2D eigenvalue weighted by Crippen LogP contribution is -2.33. The van der Waals surface area contributed by atoms with E-state index < -0.39 is 17.9 Å². The smallest absolute Gasteiger partial charge is 0.287 e. The molecule has 2 unspecified atom stereocenters. The molecule has 356 valence electrons. The van der Waals surface area contributed by atoms with Crippen LogP contribution in [0.3, 0.4) is 0 Å². The lowest BCUT2D eigenvalue weighted by molar-refractivity contribution is -0.124. The number of phenolic OH excluding ortho intramolecular Hbond substituents is 4. The highest BCUT2D eigenvalue weighted by molar-refractivity contribution is 5.97. The van der Waals surface area contributed by atoms with Crippen LogP contribution >= 0.6 is 0 Å². The monoisotopic (exact) mass is 935 g/mol. The Morgan fingerprint density at radius 1 is 0.580 bits per heavy atom. The van der Waals surface area contributed by atoms with E-state index >= 15 is 0 Å². The lowest BCUT2D eigenvalue weighted by atomic mass is 9.89. The van der Waals surface area contributed by atoms with Gasteiger partial charge in [0.25, 0.3) is 5.91 Å². The van der Waals surface area contributed by atoms with E-state index in [0.29, 0.717) is 53.8 Å². The first-order valence-corrected chi connectivity index (χ1v) is 22.1. The average molecular weight is 936 g/mol. The van der Waals surface area contributed by atoms with Gasteiger partial charge in [0.1, 0.15) is 29.3 Å². The van der Waals surface area contributed by atoms with Crippen LogP contribution in [0.15, 0.2) is 133 Å². The van der Waals surface area contributed by atoms with Crippen LogP contribution in [-0.2, 0) is 33.6 Å². The van der Waals surface area contributed by atoms with Crippen LogP contribution in [0.2, 0.25) is 0 Å². The molecule has 7 N–H and O–H groups in total. The zero-order chi connectivity index (χ0) is 48.9. The Balaban J connectivity index is 1.18. The second-order valence-corrected chi connectivity index (χ2v) is 16.0. The summed E-state index contributed by atoms with van der Waals surface area (Å²) in [5.41, 5.74) is 4.81. The highest BCUT2D eigenvalue weighted by atomic mass is 16.5. The van der Waals surface area contributed by atoms with E-state index in [9.17, 15) is 34.8 Å². The normalized spacial score (nSPS) is 14.0. The van der Waals surface area contributed by atoms with Gasteiger partial charge in [-0.2, -0.15) is 0 Å². The van der Waals surface area contributed by atoms with E-state index in [1.807, 2.05) is 0 Å². The topological polar surface area (TPSA) is 214 Å². The molecule has 0 saturated carbocycles. The van der Waals surface area contributed by atoms with Gasteiger partial charge < -0.3 is 60.1 Å². The van der Waals surface area contributed by atoms with Crippen molar-refractivity contribution >= 4 is 29.9 Å². The predicted molar refractivity (Wildman–Crippen MR) is 259 cm³/mol. The predicted octanol–water partition coefficient (Wildman–Crippen LogP) is 7.26. The zero-order valence-electron chi connectivity index (χ0n) is 38.2. The molecule has 6 aromatic carbocycles. The minimum Gasteiger partial charge on any atom is -0.508 e. The van der Waals surface area contributed by atoms with E-state index in [4.69, 9.17) is 23.7 Å². The van der Waals surface area contributed by atoms with Crippen molar-refractivity contribution in [3.8, 4) is 51.7 Å². The Hall–Kier alpha value is -8.59. The molecule has 15 heteroatoms. The maximum absolute atomic E-state index is 14.4. The maximum atomic E-state index is 14.4. The fourth-order valence-electron chi connectivity index (χ4n) is 7.69. The van der Waals surface area contributed by atoms with Gasteiger partial charge in [-0.05, 0) is 138 Å². The number of carbonyl (C=O) groups is 3. The number of rotatable bonds is 20. The number of benzene rings is 6. The third kappa shape index (κ3) is 12.7. The first-order valence-electron chi connectivity index (χ1n) is 22.1. The number of amides is 3. The second-order valence-electron chi connectivity index (χ2n) is 16.0. The molecular formula is C54H53N3O12. The quantitative estimate of drug-likeness (QED) is 0.0298. The Morgan fingerprint density at radius 3 is 1.71 bits per heavy atom. The van der Waals surface area contributed by atoms with Crippen molar-refractivity contribution in [1.29, 1.82) is 0 Å². The third-order valence-corrected chi connectivity index (χ3v) is 11.3. The number of methoxy groups -OCH3 is 3. The number of hydrogen-bond donors (Lipinski definition) is 7. The van der Waals surface area contributed by atoms with Crippen LogP contribution in [0.1, 0.15) is 51.0 Å². The van der Waals surface area contributed by atoms with Crippen molar-refractivity contribution in [2.75, 3.05) is 41.0 Å². The van der Waals surface area contributed by atoms with Crippen LogP contribution in [0.5, 0.6) is 51.7 Å². The van der Waals surface area contributed by atoms with Crippen LogP contribution in [0, 0.1) is 0 Å². The molecule has 1 heterocycles. The minimum absolute atomic E-state index is 0.0880. The van der Waals surface area contributed by atoms with Gasteiger partial charge in [0.15, 0.2) is 40.3 Å². The number of hydrogen-bond acceptors (Lipinski definition) is 12. The first-order chi connectivity index (χ1) is 33.4. The van der Waals surface area contributed by atoms with E-state index in [1.54, 1.807) is 121 Å². The number of nitrogens with one attached hydrogen (secondary N) is 3. The van der Waals surface area contributed by atoms with Gasteiger partial charge in [-0.25, -0.2) is 0 Å². The summed E-state index contributed by atoms with van der Waals surface area (Å²) in [4.78, 5) is 41.2. The Morgan fingerprint density at radius 2 is 1.13 bits per heavy atom. The molecule has 6 aromatic rings. The summed E-state index contributed by atoms with van der Waals surface area (Å²) in [5, 5.41) is 48.3. The molecule has 0 aromatic heterocycles. The molecule has 0 fully saturated rings. The van der Waals surface area contributed by atoms with E-state index in [0.717, 1.165) is 16.7 Å². The van der Waals surface area contributed by atoms with Crippen molar-refractivity contribution in [2.45, 2.75) is 31.3 Å². The van der Waals surface area contributed by atoms with Crippen LogP contribution < -0.4 is 39.6 Å². The fourth-order valence-corrected chi connectivity index (χ4v) is 7.69. The number of fused-ring (bicyclic) bond motifs is 1. The minimum atomic E-state index is -0.943. The van der Waals surface area contributed by atoms with Crippen LogP contribution in [-0.4, -0.2) is 79.1 Å². The molecule has 1 aliphatic heterocycles. The molecular weight excluding hydrogens is 883 g/mol. The Kier molecular flexibility index (Phi) is 15.9.